The number of aromatic amines is 1. The zero-order valence-electron chi connectivity index (χ0n) is 10.4. The molecule has 1 aliphatic rings. The molecule has 0 radical (unpaired) electrons. The minimum atomic E-state index is -4.64. The molecule has 0 saturated heterocycles. The molecule has 0 saturated carbocycles. The van der Waals surface area contributed by atoms with Crippen molar-refractivity contribution in [1.29, 1.82) is 0 Å². The minimum absolute atomic E-state index is 0.0615. The summed E-state index contributed by atoms with van der Waals surface area (Å²) < 4.78 is 40.9. The summed E-state index contributed by atoms with van der Waals surface area (Å²) in [7, 11) is 0. The highest BCUT2D eigenvalue weighted by molar-refractivity contribution is 5.83. The van der Waals surface area contributed by atoms with Gasteiger partial charge in [-0.1, -0.05) is 30.4 Å². The van der Waals surface area contributed by atoms with Gasteiger partial charge in [0.25, 0.3) is 0 Å². The normalized spacial score (nSPS) is 19.1. The Balaban J connectivity index is 1.88. The third-order valence-electron chi connectivity index (χ3n) is 3.31. The van der Waals surface area contributed by atoms with Crippen LogP contribution in [0.4, 0.5) is 13.2 Å². The second kappa shape index (κ2) is 4.74. The molecular formula is C15H12F3NO. The fraction of sp³-hybridized carbons (Fsp3) is 0.200. The Labute approximate surface area is 113 Å². The molecule has 1 aromatic carbocycles. The monoisotopic (exact) mass is 279 g/mol. The van der Waals surface area contributed by atoms with Crippen molar-refractivity contribution < 1.29 is 17.9 Å². The number of alkyl halides is 3. The quantitative estimate of drug-likeness (QED) is 0.851. The number of halogens is 3. The Morgan fingerprint density at radius 3 is 2.85 bits per heavy atom. The van der Waals surface area contributed by atoms with Crippen LogP contribution >= 0.6 is 0 Å². The first-order valence-corrected chi connectivity index (χ1v) is 6.22. The van der Waals surface area contributed by atoms with Crippen LogP contribution in [0, 0.1) is 0 Å². The maximum atomic E-state index is 12.3. The van der Waals surface area contributed by atoms with Crippen LogP contribution in [-0.4, -0.2) is 11.3 Å². The summed E-state index contributed by atoms with van der Waals surface area (Å²) in [6.07, 6.45) is 2.24. The lowest BCUT2D eigenvalue weighted by molar-refractivity contribution is -0.306. The molecule has 1 aromatic heterocycles. The molecule has 2 aromatic rings. The lowest BCUT2D eigenvalue weighted by atomic mass is 9.90. The molecule has 0 amide bonds. The van der Waals surface area contributed by atoms with E-state index in [4.69, 9.17) is 0 Å². The fourth-order valence-corrected chi connectivity index (χ4v) is 2.51. The standard InChI is InChI=1S/C15H12F3NO/c16-15(17,18)20-12-5-1-4-11(9-12)13-6-2-3-10-7-8-19-14(10)13/h1-8,11,19H,9H2. The Bertz CT molecular complexity index is 682. The number of nitrogens with one attached hydrogen (secondary N) is 1. The van der Waals surface area contributed by atoms with E-state index in [0.29, 0.717) is 0 Å². The van der Waals surface area contributed by atoms with Gasteiger partial charge >= 0.3 is 6.36 Å². The van der Waals surface area contributed by atoms with E-state index in [1.807, 2.05) is 36.5 Å². The first-order chi connectivity index (χ1) is 9.53. The maximum Gasteiger partial charge on any atom is 0.572 e. The van der Waals surface area contributed by atoms with Crippen LogP contribution in [0.3, 0.4) is 0 Å². The molecule has 104 valence electrons. The molecule has 0 fully saturated rings. The van der Waals surface area contributed by atoms with Crippen molar-refractivity contribution in [3.63, 3.8) is 0 Å². The predicted octanol–water partition coefficient (Wildman–Crippen LogP) is 4.63. The van der Waals surface area contributed by atoms with E-state index in [2.05, 4.69) is 9.72 Å². The van der Waals surface area contributed by atoms with Crippen molar-refractivity contribution in [2.45, 2.75) is 18.7 Å². The highest BCUT2D eigenvalue weighted by atomic mass is 19.4. The van der Waals surface area contributed by atoms with Gasteiger partial charge in [-0.2, -0.15) is 0 Å². The molecule has 5 heteroatoms. The average Bonchev–Trinajstić information content (AvgIpc) is 2.85. The van der Waals surface area contributed by atoms with Crippen molar-refractivity contribution in [1.82, 2.24) is 4.98 Å². The SMILES string of the molecule is FC(F)(F)OC1=CC=CC(c2cccc3cc[nH]c23)C1. The second-order valence-electron chi connectivity index (χ2n) is 4.67. The van der Waals surface area contributed by atoms with Crippen LogP contribution < -0.4 is 0 Å². The Morgan fingerprint density at radius 1 is 1.20 bits per heavy atom. The van der Waals surface area contributed by atoms with Crippen molar-refractivity contribution in [2.24, 2.45) is 0 Å². The average molecular weight is 279 g/mol. The first-order valence-electron chi connectivity index (χ1n) is 6.22. The Kier molecular flexibility index (Phi) is 3.04. The van der Waals surface area contributed by atoms with Gasteiger partial charge in [0.1, 0.15) is 5.76 Å². The third-order valence-corrected chi connectivity index (χ3v) is 3.31. The minimum Gasteiger partial charge on any atom is -0.410 e. The molecule has 1 N–H and O–H groups in total. The molecule has 1 aliphatic carbocycles. The number of ether oxygens (including phenoxy) is 1. The number of hydrogen-bond acceptors (Lipinski definition) is 1. The van der Waals surface area contributed by atoms with E-state index >= 15 is 0 Å². The zero-order chi connectivity index (χ0) is 14.2. The fourth-order valence-electron chi connectivity index (χ4n) is 2.51. The highest BCUT2D eigenvalue weighted by Crippen LogP contribution is 2.35. The number of rotatable bonds is 2. The predicted molar refractivity (Wildman–Crippen MR) is 70.0 cm³/mol. The molecule has 2 nitrogen and oxygen atoms in total. The molecule has 3 rings (SSSR count). The molecule has 20 heavy (non-hydrogen) atoms. The number of allylic oxidation sites excluding steroid dienone is 4. The van der Waals surface area contributed by atoms with Gasteiger partial charge in [-0.15, -0.1) is 13.2 Å². The van der Waals surface area contributed by atoms with E-state index in [0.717, 1.165) is 16.5 Å². The van der Waals surface area contributed by atoms with Crippen LogP contribution in [0.25, 0.3) is 10.9 Å². The Morgan fingerprint density at radius 2 is 2.05 bits per heavy atom. The van der Waals surface area contributed by atoms with Crippen molar-refractivity contribution in [3.05, 3.63) is 60.0 Å². The van der Waals surface area contributed by atoms with Crippen LogP contribution in [-0.2, 0) is 4.74 Å². The smallest absolute Gasteiger partial charge is 0.410 e. The van der Waals surface area contributed by atoms with E-state index < -0.39 is 6.36 Å². The molecule has 0 aliphatic heterocycles. The molecular weight excluding hydrogens is 267 g/mol. The van der Waals surface area contributed by atoms with Gasteiger partial charge < -0.3 is 9.72 Å². The summed E-state index contributed by atoms with van der Waals surface area (Å²) in [5, 5.41) is 1.05. The van der Waals surface area contributed by atoms with Crippen molar-refractivity contribution >= 4 is 10.9 Å². The van der Waals surface area contributed by atoms with E-state index in [-0.39, 0.29) is 18.1 Å². The third kappa shape index (κ3) is 2.57. The lowest BCUT2D eigenvalue weighted by Gasteiger charge is -2.20. The summed E-state index contributed by atoms with van der Waals surface area (Å²) in [6.45, 7) is 0. The molecule has 1 heterocycles. The van der Waals surface area contributed by atoms with E-state index in [9.17, 15) is 13.2 Å². The van der Waals surface area contributed by atoms with Crippen molar-refractivity contribution in [2.75, 3.05) is 0 Å². The van der Waals surface area contributed by atoms with Crippen LogP contribution in [0.5, 0.6) is 0 Å². The molecule has 1 unspecified atom stereocenters. The van der Waals surface area contributed by atoms with Crippen LogP contribution in [0.15, 0.2) is 54.4 Å². The number of benzene rings is 1. The summed E-state index contributed by atoms with van der Waals surface area (Å²) in [6, 6.07) is 7.73. The van der Waals surface area contributed by atoms with Crippen LogP contribution in [0.2, 0.25) is 0 Å². The number of fused-ring (bicyclic) bond motifs is 1. The number of hydrogen-bond donors (Lipinski definition) is 1. The summed E-state index contributed by atoms with van der Waals surface area (Å²) in [5.74, 6) is -0.187. The van der Waals surface area contributed by atoms with Gasteiger partial charge in [-0.3, -0.25) is 0 Å². The van der Waals surface area contributed by atoms with Gasteiger partial charge in [0, 0.05) is 24.1 Å². The maximum absolute atomic E-state index is 12.3. The first kappa shape index (κ1) is 12.8. The summed E-state index contributed by atoms with van der Waals surface area (Å²) >= 11 is 0. The zero-order valence-corrected chi connectivity index (χ0v) is 10.4. The topological polar surface area (TPSA) is 25.0 Å². The number of aromatic nitrogens is 1. The largest absolute Gasteiger partial charge is 0.572 e. The second-order valence-corrected chi connectivity index (χ2v) is 4.67. The van der Waals surface area contributed by atoms with Gasteiger partial charge in [-0.05, 0) is 23.1 Å². The van der Waals surface area contributed by atoms with Gasteiger partial charge in [-0.25, -0.2) is 0 Å². The molecule has 0 bridgehead atoms. The highest BCUT2D eigenvalue weighted by Gasteiger charge is 2.33. The van der Waals surface area contributed by atoms with Crippen molar-refractivity contribution in [3.8, 4) is 0 Å². The van der Waals surface area contributed by atoms with Crippen LogP contribution in [0.1, 0.15) is 17.9 Å². The lowest BCUT2D eigenvalue weighted by Crippen LogP contribution is -2.15. The van der Waals surface area contributed by atoms with Gasteiger partial charge in [0.2, 0.25) is 0 Å². The molecule has 1 atom stereocenters. The van der Waals surface area contributed by atoms with E-state index in [1.165, 1.54) is 6.08 Å². The van der Waals surface area contributed by atoms with Gasteiger partial charge in [0.05, 0.1) is 0 Å². The molecule has 0 spiro atoms. The van der Waals surface area contributed by atoms with Gasteiger partial charge in [0.15, 0.2) is 0 Å². The van der Waals surface area contributed by atoms with E-state index in [1.54, 1.807) is 6.08 Å². The Hall–Kier alpha value is -2.17. The number of H-pyrrole nitrogens is 1. The summed E-state index contributed by atoms with van der Waals surface area (Å²) in [5.41, 5.74) is 1.93. The number of para-hydroxylation sites is 1. The summed E-state index contributed by atoms with van der Waals surface area (Å²) in [4.78, 5) is 3.13.